The summed E-state index contributed by atoms with van der Waals surface area (Å²) in [7, 11) is 1.69. The topological polar surface area (TPSA) is 123 Å². The summed E-state index contributed by atoms with van der Waals surface area (Å²) >= 11 is 0. The van der Waals surface area contributed by atoms with Crippen molar-refractivity contribution >= 4 is 18.0 Å². The van der Waals surface area contributed by atoms with Gasteiger partial charge in [-0.1, -0.05) is 48.5 Å². The molecule has 0 bridgehead atoms. The van der Waals surface area contributed by atoms with E-state index in [4.69, 9.17) is 4.74 Å². The van der Waals surface area contributed by atoms with Crippen LogP contribution in [0, 0.1) is 0 Å². The van der Waals surface area contributed by atoms with Crippen molar-refractivity contribution in [3.63, 3.8) is 0 Å². The Balaban J connectivity index is 1.31. The predicted molar refractivity (Wildman–Crippen MR) is 127 cm³/mol. The molecule has 35 heavy (non-hydrogen) atoms. The molecular formula is C26H26N4O5. The summed E-state index contributed by atoms with van der Waals surface area (Å²) in [6, 6.07) is 14.9. The lowest BCUT2D eigenvalue weighted by Gasteiger charge is -2.39. The summed E-state index contributed by atoms with van der Waals surface area (Å²) in [5.41, 5.74) is 3.51. The molecule has 0 spiro atoms. The Hall–Kier alpha value is -4.14. The fourth-order valence-corrected chi connectivity index (χ4v) is 4.88. The van der Waals surface area contributed by atoms with Gasteiger partial charge in [0.2, 0.25) is 5.91 Å². The molecule has 3 N–H and O–H groups in total. The van der Waals surface area contributed by atoms with E-state index in [0.717, 1.165) is 22.3 Å². The molecular weight excluding hydrogens is 448 g/mol. The zero-order chi connectivity index (χ0) is 24.6. The molecule has 1 saturated carbocycles. The largest absolute Gasteiger partial charge is 0.480 e. The number of ether oxygens (including phenoxy) is 1. The van der Waals surface area contributed by atoms with Gasteiger partial charge in [0, 0.05) is 24.7 Å². The summed E-state index contributed by atoms with van der Waals surface area (Å²) in [5.74, 6) is -1.82. The van der Waals surface area contributed by atoms with E-state index in [1.54, 1.807) is 13.2 Å². The van der Waals surface area contributed by atoms with Gasteiger partial charge in [-0.05, 0) is 41.5 Å². The lowest BCUT2D eigenvalue weighted by Crippen LogP contribution is -2.61. The third-order valence-electron chi connectivity index (χ3n) is 6.91. The lowest BCUT2D eigenvalue weighted by molar-refractivity contribution is -0.152. The minimum Gasteiger partial charge on any atom is -0.480 e. The standard InChI is InChI=1S/C26H26N4O5/c1-30-14-16(13-27-30)22(23(31)29-26(24(32)33)11-6-12-26)28-25(34)35-15-21-19-9-4-2-7-17(19)18-8-3-5-10-20(18)21/h2-5,7-10,13-14,21-22H,6,11-12,15H2,1H3,(H,28,34)(H,29,31)(H,32,33). The van der Waals surface area contributed by atoms with Gasteiger partial charge in [0.05, 0.1) is 6.20 Å². The van der Waals surface area contributed by atoms with E-state index >= 15 is 0 Å². The molecule has 9 heteroatoms. The van der Waals surface area contributed by atoms with Crippen molar-refractivity contribution < 1.29 is 24.2 Å². The highest BCUT2D eigenvalue weighted by Crippen LogP contribution is 2.44. The molecule has 1 heterocycles. The lowest BCUT2D eigenvalue weighted by atomic mass is 9.76. The molecule has 180 valence electrons. The van der Waals surface area contributed by atoms with Crippen molar-refractivity contribution in [1.29, 1.82) is 0 Å². The molecule has 1 atom stereocenters. The van der Waals surface area contributed by atoms with E-state index in [0.29, 0.717) is 24.8 Å². The van der Waals surface area contributed by atoms with Gasteiger partial charge < -0.3 is 20.5 Å². The normalized spacial score (nSPS) is 16.4. The van der Waals surface area contributed by atoms with Gasteiger partial charge in [0.1, 0.15) is 18.2 Å². The average Bonchev–Trinajstić information content (AvgIpc) is 3.39. The number of aromatic nitrogens is 2. The maximum Gasteiger partial charge on any atom is 0.408 e. The van der Waals surface area contributed by atoms with Gasteiger partial charge in [-0.15, -0.1) is 0 Å². The number of rotatable bonds is 7. The summed E-state index contributed by atoms with van der Waals surface area (Å²) in [6.45, 7) is 0.0975. The number of aliphatic carboxylic acids is 1. The van der Waals surface area contributed by atoms with Crippen LogP contribution in [0.5, 0.6) is 0 Å². The van der Waals surface area contributed by atoms with Crippen molar-refractivity contribution in [2.75, 3.05) is 6.61 Å². The van der Waals surface area contributed by atoms with Crippen LogP contribution in [-0.2, 0) is 21.4 Å². The number of aryl methyl sites for hydroxylation is 1. The third kappa shape index (κ3) is 4.14. The number of benzene rings is 2. The minimum absolute atomic E-state index is 0.0975. The number of carbonyl (C=O) groups excluding carboxylic acids is 2. The minimum atomic E-state index is -1.31. The molecule has 3 aromatic rings. The molecule has 0 saturated heterocycles. The van der Waals surface area contributed by atoms with Crippen LogP contribution in [0.1, 0.15) is 47.9 Å². The van der Waals surface area contributed by atoms with E-state index in [9.17, 15) is 19.5 Å². The molecule has 9 nitrogen and oxygen atoms in total. The number of nitrogens with zero attached hydrogens (tertiary/aromatic N) is 2. The van der Waals surface area contributed by atoms with Crippen LogP contribution in [-0.4, -0.2) is 45.0 Å². The summed E-state index contributed by atoms with van der Waals surface area (Å²) in [5, 5.41) is 18.9. The van der Waals surface area contributed by atoms with Crippen LogP contribution in [0.25, 0.3) is 11.1 Å². The molecule has 1 unspecified atom stereocenters. The van der Waals surface area contributed by atoms with Crippen molar-refractivity contribution in [2.45, 2.75) is 36.8 Å². The van der Waals surface area contributed by atoms with Gasteiger partial charge in [-0.25, -0.2) is 9.59 Å². The Bertz CT molecular complexity index is 1250. The first-order valence-electron chi connectivity index (χ1n) is 11.5. The molecule has 0 radical (unpaired) electrons. The molecule has 1 aromatic heterocycles. The number of carbonyl (C=O) groups is 3. The number of amides is 2. The highest BCUT2D eigenvalue weighted by Gasteiger charge is 2.47. The van der Waals surface area contributed by atoms with Crippen LogP contribution >= 0.6 is 0 Å². The number of nitrogens with one attached hydrogen (secondary N) is 2. The molecule has 2 aliphatic carbocycles. The molecule has 2 aliphatic rings. The second-order valence-electron chi connectivity index (χ2n) is 9.08. The number of carboxylic acid groups (broad SMARTS) is 1. The molecule has 1 fully saturated rings. The molecule has 5 rings (SSSR count). The van der Waals surface area contributed by atoms with Gasteiger partial charge in [0.15, 0.2) is 0 Å². The van der Waals surface area contributed by atoms with Crippen LogP contribution in [0.4, 0.5) is 4.79 Å². The first-order valence-corrected chi connectivity index (χ1v) is 11.5. The number of carboxylic acids is 1. The van der Waals surface area contributed by atoms with E-state index in [-0.39, 0.29) is 12.5 Å². The highest BCUT2D eigenvalue weighted by molar-refractivity contribution is 5.92. The maximum atomic E-state index is 13.1. The monoisotopic (exact) mass is 474 g/mol. The maximum absolute atomic E-state index is 13.1. The van der Waals surface area contributed by atoms with Gasteiger partial charge in [0.25, 0.3) is 0 Å². The fourth-order valence-electron chi connectivity index (χ4n) is 4.88. The highest BCUT2D eigenvalue weighted by atomic mass is 16.5. The Kier molecular flexibility index (Phi) is 5.76. The Morgan fingerprint density at radius 2 is 1.74 bits per heavy atom. The van der Waals surface area contributed by atoms with Crippen LogP contribution < -0.4 is 10.6 Å². The third-order valence-corrected chi connectivity index (χ3v) is 6.91. The predicted octanol–water partition coefficient (Wildman–Crippen LogP) is 3.12. The van der Waals surface area contributed by atoms with Crippen LogP contribution in [0.15, 0.2) is 60.9 Å². The Morgan fingerprint density at radius 3 is 2.26 bits per heavy atom. The average molecular weight is 475 g/mol. The fraction of sp³-hybridized carbons (Fsp3) is 0.308. The number of hydrogen-bond acceptors (Lipinski definition) is 5. The van der Waals surface area contributed by atoms with Gasteiger partial charge in [-0.3, -0.25) is 9.48 Å². The Morgan fingerprint density at radius 1 is 1.11 bits per heavy atom. The van der Waals surface area contributed by atoms with Gasteiger partial charge in [-0.2, -0.15) is 5.10 Å². The molecule has 2 amide bonds. The molecule has 0 aliphatic heterocycles. The van der Waals surface area contributed by atoms with E-state index in [1.165, 1.54) is 10.9 Å². The molecule has 2 aromatic carbocycles. The van der Waals surface area contributed by atoms with Crippen LogP contribution in [0.2, 0.25) is 0 Å². The van der Waals surface area contributed by atoms with Crippen molar-refractivity contribution in [2.24, 2.45) is 7.05 Å². The first kappa shape index (κ1) is 22.6. The van der Waals surface area contributed by atoms with E-state index < -0.39 is 29.6 Å². The zero-order valence-corrected chi connectivity index (χ0v) is 19.2. The summed E-state index contributed by atoms with van der Waals surface area (Å²) in [4.78, 5) is 37.7. The number of alkyl carbamates (subject to hydrolysis) is 1. The van der Waals surface area contributed by atoms with E-state index in [1.807, 2.05) is 36.4 Å². The zero-order valence-electron chi connectivity index (χ0n) is 19.2. The summed E-state index contributed by atoms with van der Waals surface area (Å²) < 4.78 is 7.10. The van der Waals surface area contributed by atoms with Crippen LogP contribution in [0.3, 0.4) is 0 Å². The summed E-state index contributed by atoms with van der Waals surface area (Å²) in [6.07, 6.45) is 3.69. The smallest absolute Gasteiger partial charge is 0.408 e. The Labute approximate surface area is 202 Å². The van der Waals surface area contributed by atoms with Crippen molar-refractivity contribution in [3.8, 4) is 11.1 Å². The quantitative estimate of drug-likeness (QED) is 0.484. The second-order valence-corrected chi connectivity index (χ2v) is 9.08. The number of fused-ring (bicyclic) bond motifs is 3. The second kappa shape index (κ2) is 8.90. The van der Waals surface area contributed by atoms with Crippen molar-refractivity contribution in [3.05, 3.63) is 77.6 Å². The first-order chi connectivity index (χ1) is 16.9. The van der Waals surface area contributed by atoms with Gasteiger partial charge >= 0.3 is 12.1 Å². The van der Waals surface area contributed by atoms with Crippen molar-refractivity contribution in [1.82, 2.24) is 20.4 Å². The SMILES string of the molecule is Cn1cc(C(NC(=O)OCC2c3ccccc3-c3ccccc32)C(=O)NC2(C(=O)O)CCC2)cn1. The van der Waals surface area contributed by atoms with E-state index in [2.05, 4.69) is 27.9 Å². The number of hydrogen-bond donors (Lipinski definition) is 3.